The average Bonchev–Trinajstić information content (AvgIpc) is 2.96. The molecule has 4 nitrogen and oxygen atoms in total. The van der Waals surface area contributed by atoms with E-state index < -0.39 is 0 Å². The molecule has 112 valence electrons. The normalized spacial score (nSPS) is 11.0. The Morgan fingerprint density at radius 2 is 1.83 bits per heavy atom. The summed E-state index contributed by atoms with van der Waals surface area (Å²) in [5.41, 5.74) is 3.22. The molecule has 0 saturated heterocycles. The number of anilines is 1. The van der Waals surface area contributed by atoms with Crippen LogP contribution in [0.2, 0.25) is 0 Å². The van der Waals surface area contributed by atoms with E-state index in [0.29, 0.717) is 10.7 Å². The molecule has 0 saturated carbocycles. The van der Waals surface area contributed by atoms with Crippen molar-refractivity contribution in [3.63, 3.8) is 0 Å². The third-order valence-corrected chi connectivity index (χ3v) is 4.56. The van der Waals surface area contributed by atoms with Gasteiger partial charge in [0, 0.05) is 16.6 Å². The number of carbonyl (C=O) groups excluding carboxylic acids is 1. The second kappa shape index (κ2) is 5.44. The van der Waals surface area contributed by atoms with Crippen LogP contribution in [0.5, 0.6) is 0 Å². The van der Waals surface area contributed by atoms with Crippen LogP contribution in [0.15, 0.2) is 54.6 Å². The van der Waals surface area contributed by atoms with Crippen LogP contribution in [0.4, 0.5) is 5.13 Å². The number of nitrogens with zero attached hydrogens (tertiary/aromatic N) is 2. The first-order valence-electron chi connectivity index (χ1n) is 7.23. The van der Waals surface area contributed by atoms with Crippen LogP contribution in [0.3, 0.4) is 0 Å². The van der Waals surface area contributed by atoms with E-state index in [2.05, 4.69) is 15.3 Å². The quantitative estimate of drug-likeness (QED) is 0.595. The van der Waals surface area contributed by atoms with Crippen LogP contribution in [-0.2, 0) is 0 Å². The van der Waals surface area contributed by atoms with E-state index in [4.69, 9.17) is 0 Å². The van der Waals surface area contributed by atoms with Crippen molar-refractivity contribution in [2.45, 2.75) is 6.92 Å². The van der Waals surface area contributed by atoms with Crippen molar-refractivity contribution in [2.24, 2.45) is 0 Å². The Morgan fingerprint density at radius 3 is 2.70 bits per heavy atom. The number of carbonyl (C=O) groups is 1. The fraction of sp³-hybridized carbons (Fsp3) is 0.0556. The number of aryl methyl sites for hydroxylation is 1. The summed E-state index contributed by atoms with van der Waals surface area (Å²) in [7, 11) is 0. The van der Waals surface area contributed by atoms with Gasteiger partial charge in [-0.25, -0.2) is 4.98 Å². The standard InChI is InChI=1S/C18H13N3OS/c1-11-6-7-12-8-9-13(10-15(12)19-11)17(22)21-18-20-14-4-2-3-5-16(14)23-18/h2-10H,1H3,(H,20,21,22). The molecule has 1 N–H and O–H groups in total. The molecule has 0 aliphatic heterocycles. The monoisotopic (exact) mass is 319 g/mol. The highest BCUT2D eigenvalue weighted by molar-refractivity contribution is 7.22. The highest BCUT2D eigenvalue weighted by Crippen LogP contribution is 2.26. The molecule has 23 heavy (non-hydrogen) atoms. The second-order valence-corrected chi connectivity index (χ2v) is 6.33. The smallest absolute Gasteiger partial charge is 0.257 e. The van der Waals surface area contributed by atoms with Crippen LogP contribution in [0.25, 0.3) is 21.1 Å². The van der Waals surface area contributed by atoms with Gasteiger partial charge in [0.1, 0.15) is 0 Å². The number of fused-ring (bicyclic) bond motifs is 2. The summed E-state index contributed by atoms with van der Waals surface area (Å²) in [6.45, 7) is 1.94. The number of thiazole rings is 1. The lowest BCUT2D eigenvalue weighted by atomic mass is 10.1. The first kappa shape index (κ1) is 13.8. The number of hydrogen-bond acceptors (Lipinski definition) is 4. The van der Waals surface area contributed by atoms with Crippen molar-refractivity contribution in [1.82, 2.24) is 9.97 Å². The maximum absolute atomic E-state index is 12.4. The van der Waals surface area contributed by atoms with Crippen molar-refractivity contribution < 1.29 is 4.79 Å². The van der Waals surface area contributed by atoms with Gasteiger partial charge >= 0.3 is 0 Å². The Kier molecular flexibility index (Phi) is 3.28. The molecule has 0 radical (unpaired) electrons. The molecular formula is C18H13N3OS. The Bertz CT molecular complexity index is 1010. The highest BCUT2D eigenvalue weighted by Gasteiger charge is 2.10. The number of hydrogen-bond donors (Lipinski definition) is 1. The molecule has 1 amide bonds. The molecule has 4 rings (SSSR count). The Balaban J connectivity index is 1.65. The van der Waals surface area contributed by atoms with E-state index in [9.17, 15) is 4.79 Å². The van der Waals surface area contributed by atoms with E-state index in [-0.39, 0.29) is 5.91 Å². The van der Waals surface area contributed by atoms with Crippen molar-refractivity contribution in [2.75, 3.05) is 5.32 Å². The summed E-state index contributed by atoms with van der Waals surface area (Å²) in [6, 6.07) is 17.3. The minimum Gasteiger partial charge on any atom is -0.298 e. The number of benzene rings is 2. The molecular weight excluding hydrogens is 306 g/mol. The Labute approximate surface area is 136 Å². The minimum atomic E-state index is -0.172. The molecule has 0 bridgehead atoms. The van der Waals surface area contributed by atoms with Crippen molar-refractivity contribution >= 4 is 43.5 Å². The van der Waals surface area contributed by atoms with Crippen molar-refractivity contribution in [3.8, 4) is 0 Å². The molecule has 0 fully saturated rings. The summed E-state index contributed by atoms with van der Waals surface area (Å²) in [5, 5.41) is 4.49. The first-order chi connectivity index (χ1) is 11.2. The van der Waals surface area contributed by atoms with Gasteiger partial charge in [-0.05, 0) is 37.3 Å². The van der Waals surface area contributed by atoms with Crippen molar-refractivity contribution in [3.05, 3.63) is 65.9 Å². The molecule has 0 spiro atoms. The third-order valence-electron chi connectivity index (χ3n) is 3.61. The molecule has 5 heteroatoms. The lowest BCUT2D eigenvalue weighted by molar-refractivity contribution is 0.102. The molecule has 4 aromatic rings. The van der Waals surface area contributed by atoms with E-state index >= 15 is 0 Å². The summed E-state index contributed by atoms with van der Waals surface area (Å²) in [4.78, 5) is 21.3. The van der Waals surface area contributed by atoms with Crippen LogP contribution in [-0.4, -0.2) is 15.9 Å². The number of amides is 1. The van der Waals surface area contributed by atoms with Gasteiger partial charge in [-0.3, -0.25) is 15.1 Å². The molecule has 0 unspecified atom stereocenters. The zero-order chi connectivity index (χ0) is 15.8. The van der Waals surface area contributed by atoms with Gasteiger partial charge in [-0.1, -0.05) is 35.6 Å². The molecule has 2 aromatic carbocycles. The maximum atomic E-state index is 12.4. The topological polar surface area (TPSA) is 54.9 Å². The summed E-state index contributed by atoms with van der Waals surface area (Å²) in [6.07, 6.45) is 0. The largest absolute Gasteiger partial charge is 0.298 e. The number of rotatable bonds is 2. The zero-order valence-corrected chi connectivity index (χ0v) is 13.2. The molecule has 2 aromatic heterocycles. The molecule has 0 atom stereocenters. The van der Waals surface area contributed by atoms with E-state index in [0.717, 1.165) is 26.8 Å². The molecule has 2 heterocycles. The average molecular weight is 319 g/mol. The predicted octanol–water partition coefficient (Wildman–Crippen LogP) is 4.41. The van der Waals surface area contributed by atoms with Crippen LogP contribution >= 0.6 is 11.3 Å². The van der Waals surface area contributed by atoms with Gasteiger partial charge in [-0.15, -0.1) is 0 Å². The van der Waals surface area contributed by atoms with E-state index in [1.807, 2.05) is 61.5 Å². The van der Waals surface area contributed by atoms with Crippen molar-refractivity contribution in [1.29, 1.82) is 0 Å². The van der Waals surface area contributed by atoms with Crippen LogP contribution < -0.4 is 5.32 Å². The van der Waals surface area contributed by atoms with Gasteiger partial charge in [-0.2, -0.15) is 0 Å². The third kappa shape index (κ3) is 2.66. The van der Waals surface area contributed by atoms with E-state index in [1.54, 1.807) is 0 Å². The van der Waals surface area contributed by atoms with Crippen LogP contribution in [0.1, 0.15) is 16.1 Å². The lowest BCUT2D eigenvalue weighted by Gasteiger charge is -2.04. The van der Waals surface area contributed by atoms with Gasteiger partial charge in [0.15, 0.2) is 5.13 Å². The highest BCUT2D eigenvalue weighted by atomic mass is 32.1. The van der Waals surface area contributed by atoms with Gasteiger partial charge in [0.05, 0.1) is 15.7 Å². The number of nitrogens with one attached hydrogen (secondary N) is 1. The van der Waals surface area contributed by atoms with E-state index in [1.165, 1.54) is 11.3 Å². The fourth-order valence-corrected chi connectivity index (χ4v) is 3.32. The maximum Gasteiger partial charge on any atom is 0.257 e. The molecule has 0 aliphatic rings. The number of pyridine rings is 1. The van der Waals surface area contributed by atoms with Gasteiger partial charge in [0.25, 0.3) is 5.91 Å². The minimum absolute atomic E-state index is 0.172. The Morgan fingerprint density at radius 1 is 1.00 bits per heavy atom. The van der Waals surface area contributed by atoms with Gasteiger partial charge < -0.3 is 0 Å². The first-order valence-corrected chi connectivity index (χ1v) is 8.05. The molecule has 0 aliphatic carbocycles. The number of para-hydroxylation sites is 1. The summed E-state index contributed by atoms with van der Waals surface area (Å²) < 4.78 is 1.05. The lowest BCUT2D eigenvalue weighted by Crippen LogP contribution is -2.11. The van der Waals surface area contributed by atoms with Gasteiger partial charge in [0.2, 0.25) is 0 Å². The predicted molar refractivity (Wildman–Crippen MR) is 94.1 cm³/mol. The number of aromatic nitrogens is 2. The second-order valence-electron chi connectivity index (χ2n) is 5.30. The van der Waals surface area contributed by atoms with Crippen LogP contribution in [0, 0.1) is 6.92 Å². The summed E-state index contributed by atoms with van der Waals surface area (Å²) in [5.74, 6) is -0.172. The zero-order valence-electron chi connectivity index (χ0n) is 12.4. The Hall–Kier alpha value is -2.79. The fourth-order valence-electron chi connectivity index (χ4n) is 2.46. The summed E-state index contributed by atoms with van der Waals surface area (Å²) >= 11 is 1.47. The SMILES string of the molecule is Cc1ccc2ccc(C(=O)Nc3nc4ccccc4s3)cc2n1.